The number of sulfonamides is 1. The summed E-state index contributed by atoms with van der Waals surface area (Å²) in [5, 5.41) is 4.32. The van der Waals surface area contributed by atoms with Gasteiger partial charge in [-0.15, -0.1) is 0 Å². The number of nitrogens with one attached hydrogen (secondary N) is 1. The summed E-state index contributed by atoms with van der Waals surface area (Å²) in [6.07, 6.45) is 4.03. The van der Waals surface area contributed by atoms with Gasteiger partial charge in [-0.05, 0) is 24.6 Å². The summed E-state index contributed by atoms with van der Waals surface area (Å²) in [6, 6.07) is 5.66. The van der Waals surface area contributed by atoms with Crippen LogP contribution in [0.4, 0.5) is 0 Å². The van der Waals surface area contributed by atoms with Crippen LogP contribution in [0.1, 0.15) is 19.0 Å². The van der Waals surface area contributed by atoms with Crippen molar-refractivity contribution in [3.8, 4) is 11.3 Å². The second-order valence-corrected chi connectivity index (χ2v) is 6.45. The van der Waals surface area contributed by atoms with E-state index in [1.54, 1.807) is 17.1 Å². The van der Waals surface area contributed by atoms with Crippen molar-refractivity contribution in [2.75, 3.05) is 5.75 Å². The zero-order valence-electron chi connectivity index (χ0n) is 11.6. The van der Waals surface area contributed by atoms with Crippen LogP contribution in [0.5, 0.6) is 0 Å². The molecule has 0 aliphatic carbocycles. The van der Waals surface area contributed by atoms with Gasteiger partial charge in [-0.1, -0.05) is 6.92 Å². The molecule has 0 spiro atoms. The van der Waals surface area contributed by atoms with E-state index in [2.05, 4.69) is 14.8 Å². The van der Waals surface area contributed by atoms with Crippen LogP contribution < -0.4 is 4.72 Å². The van der Waals surface area contributed by atoms with Gasteiger partial charge >= 0.3 is 0 Å². The summed E-state index contributed by atoms with van der Waals surface area (Å²) in [5.41, 5.74) is 2.62. The Morgan fingerprint density at radius 1 is 1.30 bits per heavy atom. The van der Waals surface area contributed by atoms with Gasteiger partial charge in [0.2, 0.25) is 10.0 Å². The number of nitrogens with zero attached hydrogens (tertiary/aromatic N) is 3. The fourth-order valence-electron chi connectivity index (χ4n) is 1.93. The SMILES string of the molecule is CCCS(=O)(=O)NCc1cc(-c2ccncc2)n(C)n1. The molecule has 0 saturated heterocycles. The molecule has 0 aliphatic rings. The van der Waals surface area contributed by atoms with Crippen molar-refractivity contribution in [2.45, 2.75) is 19.9 Å². The third kappa shape index (κ3) is 3.64. The lowest BCUT2D eigenvalue weighted by atomic mass is 10.2. The summed E-state index contributed by atoms with van der Waals surface area (Å²) in [6.45, 7) is 2.04. The highest BCUT2D eigenvalue weighted by Gasteiger charge is 2.11. The lowest BCUT2D eigenvalue weighted by molar-refractivity contribution is 0.578. The monoisotopic (exact) mass is 294 g/mol. The summed E-state index contributed by atoms with van der Waals surface area (Å²) in [5.74, 6) is 0.136. The second kappa shape index (κ2) is 6.15. The molecular weight excluding hydrogens is 276 g/mol. The minimum atomic E-state index is -3.21. The first-order chi connectivity index (χ1) is 9.52. The van der Waals surface area contributed by atoms with Crippen LogP contribution in [0.2, 0.25) is 0 Å². The molecule has 0 saturated carbocycles. The highest BCUT2D eigenvalue weighted by atomic mass is 32.2. The summed E-state index contributed by atoms with van der Waals surface area (Å²) in [4.78, 5) is 3.98. The fourth-order valence-corrected chi connectivity index (χ4v) is 2.98. The Morgan fingerprint density at radius 2 is 2.00 bits per heavy atom. The van der Waals surface area contributed by atoms with Crippen molar-refractivity contribution in [3.63, 3.8) is 0 Å². The molecular formula is C13H18N4O2S. The highest BCUT2D eigenvalue weighted by Crippen LogP contribution is 2.18. The van der Waals surface area contributed by atoms with Crippen LogP contribution in [0, 0.1) is 0 Å². The third-order valence-electron chi connectivity index (χ3n) is 2.85. The van der Waals surface area contributed by atoms with E-state index in [9.17, 15) is 8.42 Å². The van der Waals surface area contributed by atoms with Gasteiger partial charge in [0, 0.05) is 25.0 Å². The van der Waals surface area contributed by atoms with Crippen molar-refractivity contribution in [2.24, 2.45) is 7.05 Å². The Bertz CT molecular complexity index is 665. The van der Waals surface area contributed by atoms with Crippen molar-refractivity contribution < 1.29 is 8.42 Å². The number of rotatable bonds is 6. The van der Waals surface area contributed by atoms with E-state index in [1.165, 1.54) is 0 Å². The van der Waals surface area contributed by atoms with Gasteiger partial charge in [-0.25, -0.2) is 13.1 Å². The predicted octanol–water partition coefficient (Wildman–Crippen LogP) is 1.31. The van der Waals surface area contributed by atoms with Gasteiger partial charge < -0.3 is 0 Å². The number of aryl methyl sites for hydroxylation is 1. The molecule has 2 aromatic rings. The molecule has 7 heteroatoms. The van der Waals surface area contributed by atoms with Crippen LogP contribution in [0.25, 0.3) is 11.3 Å². The molecule has 1 N–H and O–H groups in total. The zero-order chi connectivity index (χ0) is 14.6. The topological polar surface area (TPSA) is 76.9 Å². The van der Waals surface area contributed by atoms with Crippen molar-refractivity contribution >= 4 is 10.0 Å². The number of aromatic nitrogens is 3. The van der Waals surface area contributed by atoms with Crippen LogP contribution in [-0.4, -0.2) is 28.9 Å². The molecule has 2 aromatic heterocycles. The first-order valence-corrected chi connectivity index (χ1v) is 8.07. The van der Waals surface area contributed by atoms with Gasteiger partial charge in [0.1, 0.15) is 0 Å². The van der Waals surface area contributed by atoms with Crippen molar-refractivity contribution in [1.82, 2.24) is 19.5 Å². The Labute approximate surface area is 118 Å². The average Bonchev–Trinajstić information content (AvgIpc) is 2.79. The molecule has 20 heavy (non-hydrogen) atoms. The molecule has 0 bridgehead atoms. The quantitative estimate of drug-likeness (QED) is 0.871. The number of hydrogen-bond donors (Lipinski definition) is 1. The van der Waals surface area contributed by atoms with Gasteiger partial charge in [0.15, 0.2) is 0 Å². The second-order valence-electron chi connectivity index (χ2n) is 4.52. The maximum atomic E-state index is 11.6. The number of pyridine rings is 1. The number of hydrogen-bond acceptors (Lipinski definition) is 4. The molecule has 6 nitrogen and oxygen atoms in total. The lowest BCUT2D eigenvalue weighted by Gasteiger charge is -2.02. The maximum Gasteiger partial charge on any atom is 0.211 e. The minimum Gasteiger partial charge on any atom is -0.268 e. The van der Waals surface area contributed by atoms with E-state index in [1.807, 2.05) is 32.2 Å². The van der Waals surface area contributed by atoms with Gasteiger partial charge in [0.05, 0.1) is 23.7 Å². The standard InChI is InChI=1S/C13H18N4O2S/c1-3-8-20(18,19)15-10-12-9-13(17(2)16-12)11-4-6-14-7-5-11/h4-7,9,15H,3,8,10H2,1-2H3. The molecule has 0 aromatic carbocycles. The van der Waals surface area contributed by atoms with Crippen LogP contribution in [-0.2, 0) is 23.6 Å². The van der Waals surface area contributed by atoms with E-state index in [0.717, 1.165) is 11.3 Å². The molecule has 2 heterocycles. The van der Waals surface area contributed by atoms with Crippen LogP contribution in [0.15, 0.2) is 30.6 Å². The molecule has 2 rings (SSSR count). The van der Waals surface area contributed by atoms with Gasteiger partial charge in [-0.2, -0.15) is 5.10 Å². The smallest absolute Gasteiger partial charge is 0.211 e. The van der Waals surface area contributed by atoms with E-state index in [0.29, 0.717) is 12.1 Å². The summed E-state index contributed by atoms with van der Waals surface area (Å²) < 4.78 is 27.5. The van der Waals surface area contributed by atoms with E-state index >= 15 is 0 Å². The minimum absolute atomic E-state index is 0.136. The Morgan fingerprint density at radius 3 is 2.65 bits per heavy atom. The molecule has 0 radical (unpaired) electrons. The lowest BCUT2D eigenvalue weighted by Crippen LogP contribution is -2.25. The molecule has 0 atom stereocenters. The summed E-state index contributed by atoms with van der Waals surface area (Å²) >= 11 is 0. The third-order valence-corrected chi connectivity index (χ3v) is 4.38. The fraction of sp³-hybridized carbons (Fsp3) is 0.385. The Hall–Kier alpha value is -1.73. The summed E-state index contributed by atoms with van der Waals surface area (Å²) in [7, 11) is -1.37. The zero-order valence-corrected chi connectivity index (χ0v) is 12.4. The molecule has 0 fully saturated rings. The largest absolute Gasteiger partial charge is 0.268 e. The molecule has 108 valence electrons. The van der Waals surface area contributed by atoms with Crippen molar-refractivity contribution in [1.29, 1.82) is 0 Å². The van der Waals surface area contributed by atoms with Gasteiger partial charge in [0.25, 0.3) is 0 Å². The normalized spacial score (nSPS) is 11.7. The molecule has 0 aliphatic heterocycles. The molecule has 0 unspecified atom stereocenters. The molecule has 0 amide bonds. The predicted molar refractivity (Wildman–Crippen MR) is 77.4 cm³/mol. The first kappa shape index (κ1) is 14.7. The van der Waals surface area contributed by atoms with E-state index in [4.69, 9.17) is 0 Å². The van der Waals surface area contributed by atoms with Crippen LogP contribution >= 0.6 is 0 Å². The maximum absolute atomic E-state index is 11.6. The van der Waals surface area contributed by atoms with Gasteiger partial charge in [-0.3, -0.25) is 9.67 Å². The van der Waals surface area contributed by atoms with Crippen LogP contribution in [0.3, 0.4) is 0 Å². The average molecular weight is 294 g/mol. The Balaban J connectivity index is 2.13. The van der Waals surface area contributed by atoms with Crippen molar-refractivity contribution in [3.05, 3.63) is 36.3 Å². The highest BCUT2D eigenvalue weighted by molar-refractivity contribution is 7.89. The van der Waals surface area contributed by atoms with E-state index in [-0.39, 0.29) is 12.3 Å². The first-order valence-electron chi connectivity index (χ1n) is 6.42. The van der Waals surface area contributed by atoms with E-state index < -0.39 is 10.0 Å². The Kier molecular flexibility index (Phi) is 4.51.